The summed E-state index contributed by atoms with van der Waals surface area (Å²) in [6.07, 6.45) is 2.69. The number of rotatable bonds is 5. The molecule has 1 aromatic carbocycles. The van der Waals surface area contributed by atoms with Gasteiger partial charge in [-0.2, -0.15) is 0 Å². The summed E-state index contributed by atoms with van der Waals surface area (Å²) in [7, 11) is 3.09. The van der Waals surface area contributed by atoms with Crippen LogP contribution in [0.15, 0.2) is 29.8 Å². The van der Waals surface area contributed by atoms with Crippen LogP contribution < -0.4 is 19.7 Å². The third-order valence-corrected chi connectivity index (χ3v) is 4.70. The van der Waals surface area contributed by atoms with Crippen molar-refractivity contribution in [3.8, 4) is 11.5 Å². The molecule has 1 aromatic heterocycles. The second-order valence-electron chi connectivity index (χ2n) is 5.26. The quantitative estimate of drug-likeness (QED) is 0.908. The van der Waals surface area contributed by atoms with Crippen molar-refractivity contribution in [3.63, 3.8) is 0 Å². The fraction of sp³-hybridized carbons (Fsp3) is 0.375. The molecule has 0 aliphatic carbocycles. The first-order valence-corrected chi connectivity index (χ1v) is 8.27. The number of nitrogens with zero attached hydrogens (tertiary/aromatic N) is 2. The fourth-order valence-electron chi connectivity index (χ4n) is 2.76. The number of aromatic nitrogens is 1. The van der Waals surface area contributed by atoms with Crippen molar-refractivity contribution in [2.45, 2.75) is 12.5 Å². The van der Waals surface area contributed by atoms with Crippen LogP contribution in [-0.2, 0) is 0 Å². The Balaban J connectivity index is 1.71. The minimum absolute atomic E-state index is 0.0843. The third-order valence-electron chi connectivity index (χ3n) is 3.87. The number of benzene rings is 1. The van der Waals surface area contributed by atoms with E-state index in [1.165, 1.54) is 0 Å². The van der Waals surface area contributed by atoms with Gasteiger partial charge in [0.15, 0.2) is 5.13 Å². The minimum atomic E-state index is -0.176. The molecule has 0 spiro atoms. The van der Waals surface area contributed by atoms with Crippen LogP contribution in [-0.4, -0.2) is 44.2 Å². The van der Waals surface area contributed by atoms with Gasteiger partial charge in [-0.25, -0.2) is 4.98 Å². The van der Waals surface area contributed by atoms with Crippen molar-refractivity contribution in [1.82, 2.24) is 10.3 Å². The summed E-state index contributed by atoms with van der Waals surface area (Å²) in [5.41, 5.74) is 0.435. The van der Waals surface area contributed by atoms with Gasteiger partial charge in [0.2, 0.25) is 0 Å². The van der Waals surface area contributed by atoms with Crippen LogP contribution >= 0.6 is 11.3 Å². The maximum absolute atomic E-state index is 12.7. The van der Waals surface area contributed by atoms with Gasteiger partial charge in [-0.15, -0.1) is 11.3 Å². The van der Waals surface area contributed by atoms with Crippen molar-refractivity contribution in [2.24, 2.45) is 0 Å². The number of ether oxygens (including phenoxy) is 2. The summed E-state index contributed by atoms with van der Waals surface area (Å²) < 4.78 is 10.6. The summed E-state index contributed by atoms with van der Waals surface area (Å²) in [6.45, 7) is 1.65. The highest BCUT2D eigenvalue weighted by atomic mass is 32.1. The number of anilines is 1. The number of amides is 1. The molecule has 23 heavy (non-hydrogen) atoms. The van der Waals surface area contributed by atoms with Crippen molar-refractivity contribution >= 4 is 22.4 Å². The van der Waals surface area contributed by atoms with E-state index in [9.17, 15) is 4.79 Å². The Morgan fingerprint density at radius 1 is 1.35 bits per heavy atom. The molecule has 7 heteroatoms. The Labute approximate surface area is 139 Å². The zero-order valence-corrected chi connectivity index (χ0v) is 13.9. The molecule has 3 rings (SSSR count). The molecule has 0 radical (unpaired) electrons. The maximum atomic E-state index is 12.7. The number of thiazole rings is 1. The Morgan fingerprint density at radius 3 is 2.70 bits per heavy atom. The summed E-state index contributed by atoms with van der Waals surface area (Å²) in [5, 5.41) is 6.03. The van der Waals surface area contributed by atoms with Crippen LogP contribution in [0, 0.1) is 0 Å². The number of hydrogen-bond acceptors (Lipinski definition) is 6. The van der Waals surface area contributed by atoms with Crippen LogP contribution in [0.3, 0.4) is 0 Å². The molecule has 0 bridgehead atoms. The fourth-order valence-corrected chi connectivity index (χ4v) is 3.44. The lowest BCUT2D eigenvalue weighted by Gasteiger charge is -2.17. The first-order chi connectivity index (χ1) is 11.2. The minimum Gasteiger partial charge on any atom is -0.496 e. The molecule has 1 aliphatic heterocycles. The number of carbonyl (C=O) groups excluding carboxylic acids is 1. The van der Waals surface area contributed by atoms with Gasteiger partial charge in [-0.05, 0) is 18.6 Å². The van der Waals surface area contributed by atoms with E-state index < -0.39 is 0 Å². The first kappa shape index (κ1) is 15.6. The molecular formula is C16H19N3O3S. The average molecular weight is 333 g/mol. The topological polar surface area (TPSA) is 63.7 Å². The summed E-state index contributed by atoms with van der Waals surface area (Å²) in [6, 6.07) is 5.40. The van der Waals surface area contributed by atoms with E-state index in [0.29, 0.717) is 17.1 Å². The molecular weight excluding hydrogens is 314 g/mol. The molecule has 1 atom stereocenters. The van der Waals surface area contributed by atoms with E-state index in [1.807, 2.05) is 5.38 Å². The van der Waals surface area contributed by atoms with Crippen molar-refractivity contribution in [1.29, 1.82) is 0 Å². The van der Waals surface area contributed by atoms with Gasteiger partial charge in [-0.3, -0.25) is 4.79 Å². The molecule has 6 nitrogen and oxygen atoms in total. The molecule has 2 aromatic rings. The van der Waals surface area contributed by atoms with Gasteiger partial charge >= 0.3 is 0 Å². The highest BCUT2D eigenvalue weighted by Crippen LogP contribution is 2.29. The highest BCUT2D eigenvalue weighted by molar-refractivity contribution is 7.13. The second-order valence-corrected chi connectivity index (χ2v) is 6.13. The van der Waals surface area contributed by atoms with Gasteiger partial charge in [0, 0.05) is 30.7 Å². The van der Waals surface area contributed by atoms with Crippen LogP contribution in [0.2, 0.25) is 0 Å². The smallest absolute Gasteiger partial charge is 0.259 e. The van der Waals surface area contributed by atoms with Gasteiger partial charge in [0.05, 0.1) is 14.2 Å². The van der Waals surface area contributed by atoms with Crippen LogP contribution in [0.5, 0.6) is 11.5 Å². The molecule has 1 aliphatic rings. The third kappa shape index (κ3) is 3.24. The Kier molecular flexibility index (Phi) is 4.66. The average Bonchev–Trinajstić information content (AvgIpc) is 3.25. The zero-order chi connectivity index (χ0) is 16.2. The van der Waals surface area contributed by atoms with Crippen molar-refractivity contribution in [2.75, 3.05) is 32.2 Å². The van der Waals surface area contributed by atoms with Gasteiger partial charge in [-0.1, -0.05) is 6.07 Å². The van der Waals surface area contributed by atoms with E-state index >= 15 is 0 Å². The van der Waals surface area contributed by atoms with E-state index in [0.717, 1.165) is 24.6 Å². The molecule has 0 saturated carbocycles. The maximum Gasteiger partial charge on any atom is 0.259 e. The predicted octanol–water partition coefficient (Wildman–Crippen LogP) is 2.17. The highest BCUT2D eigenvalue weighted by Gasteiger charge is 2.27. The van der Waals surface area contributed by atoms with Crippen molar-refractivity contribution < 1.29 is 14.3 Å². The molecule has 122 valence electrons. The van der Waals surface area contributed by atoms with Gasteiger partial charge in [0.1, 0.15) is 17.1 Å². The predicted molar refractivity (Wildman–Crippen MR) is 89.7 cm³/mol. The van der Waals surface area contributed by atoms with E-state index in [2.05, 4.69) is 15.2 Å². The van der Waals surface area contributed by atoms with Crippen LogP contribution in [0.25, 0.3) is 0 Å². The molecule has 1 saturated heterocycles. The standard InChI is InChI=1S/C16H19N3O3S/c1-21-12-4-3-5-13(22-2)14(12)15(20)18-11-6-8-19(10-11)16-17-7-9-23-16/h3-5,7,9,11H,6,8,10H2,1-2H3,(H,18,20). The summed E-state index contributed by atoms with van der Waals surface area (Å²) in [5.74, 6) is 0.846. The normalized spacial score (nSPS) is 17.1. The lowest BCUT2D eigenvalue weighted by atomic mass is 10.1. The van der Waals surface area contributed by atoms with Gasteiger partial charge < -0.3 is 19.7 Å². The second kappa shape index (κ2) is 6.87. The monoisotopic (exact) mass is 333 g/mol. The molecule has 1 N–H and O–H groups in total. The number of carbonyl (C=O) groups is 1. The molecule has 1 unspecified atom stereocenters. The van der Waals surface area contributed by atoms with Crippen LogP contribution in [0.1, 0.15) is 16.8 Å². The number of methoxy groups -OCH3 is 2. The number of nitrogens with one attached hydrogen (secondary N) is 1. The zero-order valence-electron chi connectivity index (χ0n) is 13.1. The largest absolute Gasteiger partial charge is 0.496 e. The SMILES string of the molecule is COc1cccc(OC)c1C(=O)NC1CCN(c2nccs2)C1. The van der Waals surface area contributed by atoms with E-state index in [-0.39, 0.29) is 11.9 Å². The Hall–Kier alpha value is -2.28. The van der Waals surface area contributed by atoms with Gasteiger partial charge in [0.25, 0.3) is 5.91 Å². The lowest BCUT2D eigenvalue weighted by molar-refractivity contribution is 0.0934. The van der Waals surface area contributed by atoms with E-state index in [1.54, 1.807) is 50.0 Å². The molecule has 1 fully saturated rings. The lowest BCUT2D eigenvalue weighted by Crippen LogP contribution is -2.37. The Bertz CT molecular complexity index is 653. The molecule has 1 amide bonds. The summed E-state index contributed by atoms with van der Waals surface area (Å²) in [4.78, 5) is 19.2. The van der Waals surface area contributed by atoms with E-state index in [4.69, 9.17) is 9.47 Å². The van der Waals surface area contributed by atoms with Crippen LogP contribution in [0.4, 0.5) is 5.13 Å². The number of hydrogen-bond donors (Lipinski definition) is 1. The summed E-state index contributed by atoms with van der Waals surface area (Å²) >= 11 is 1.61. The first-order valence-electron chi connectivity index (χ1n) is 7.39. The van der Waals surface area contributed by atoms with Crippen molar-refractivity contribution in [3.05, 3.63) is 35.3 Å². The Morgan fingerprint density at radius 2 is 2.09 bits per heavy atom. The molecule has 2 heterocycles.